The molecule has 3 aromatic heterocycles. The molecule has 3 heterocycles. The van der Waals surface area contributed by atoms with Crippen molar-refractivity contribution in [2.24, 2.45) is 0 Å². The molecule has 0 bridgehead atoms. The van der Waals surface area contributed by atoms with Crippen LogP contribution in [-0.2, 0) is 0 Å². The Balaban J connectivity index is 1.36. The van der Waals surface area contributed by atoms with Crippen LogP contribution < -0.4 is 14.8 Å². The van der Waals surface area contributed by atoms with Crippen LogP contribution in [-0.4, -0.2) is 35.9 Å². The van der Waals surface area contributed by atoms with Crippen LogP contribution >= 0.6 is 11.3 Å². The highest BCUT2D eigenvalue weighted by molar-refractivity contribution is 7.15. The molecular formula is C30H22N6O4S. The van der Waals surface area contributed by atoms with Crippen LogP contribution in [0.3, 0.4) is 0 Å². The van der Waals surface area contributed by atoms with Crippen molar-refractivity contribution >= 4 is 40.2 Å². The van der Waals surface area contributed by atoms with E-state index in [1.807, 2.05) is 73.8 Å². The van der Waals surface area contributed by atoms with Gasteiger partial charge in [-0.05, 0) is 61.0 Å². The van der Waals surface area contributed by atoms with E-state index >= 15 is 0 Å². The molecule has 0 aliphatic heterocycles. The van der Waals surface area contributed by atoms with Gasteiger partial charge in [-0.15, -0.1) is 5.10 Å². The number of aromatic nitrogens is 5. The number of non-ortho nitro benzene ring substituents is 1. The van der Waals surface area contributed by atoms with E-state index in [1.54, 1.807) is 29.0 Å². The zero-order valence-electron chi connectivity index (χ0n) is 21.7. The van der Waals surface area contributed by atoms with Crippen LogP contribution in [0.4, 0.5) is 5.69 Å². The van der Waals surface area contributed by atoms with Crippen molar-refractivity contribution < 1.29 is 9.66 Å². The van der Waals surface area contributed by atoms with Crippen molar-refractivity contribution in [3.8, 4) is 22.7 Å². The Morgan fingerprint density at radius 3 is 2.41 bits per heavy atom. The first-order valence-corrected chi connectivity index (χ1v) is 13.5. The number of ether oxygens (including phenoxy) is 1. The standard InChI is InChI=1S/C30H22N6O4S/c1-2-40-25-15-8-20(9-16-25)10-17-27-31-30-35(32-27)29(37)26(41-30)18-22-19-34(23-6-4-3-5-7-23)33-28(22)21-11-13-24(14-12-21)36(38)39/h3-19H,2H2,1H3/b17-10+,26-18-. The van der Waals surface area contributed by atoms with E-state index in [9.17, 15) is 14.9 Å². The molecule has 0 unspecified atom stereocenters. The number of nitrogens with zero attached hydrogens (tertiary/aromatic N) is 6. The van der Waals surface area contributed by atoms with Gasteiger partial charge in [-0.2, -0.15) is 14.6 Å². The zero-order chi connectivity index (χ0) is 28.3. The summed E-state index contributed by atoms with van der Waals surface area (Å²) in [6.45, 7) is 2.54. The quantitative estimate of drug-likeness (QED) is 0.189. The van der Waals surface area contributed by atoms with Crippen molar-refractivity contribution in [1.82, 2.24) is 24.4 Å². The third-order valence-electron chi connectivity index (χ3n) is 6.22. The second kappa shape index (κ2) is 11.0. The van der Waals surface area contributed by atoms with E-state index in [0.29, 0.717) is 38.7 Å². The molecule has 0 radical (unpaired) electrons. The number of para-hydroxylation sites is 1. The Bertz CT molecular complexity index is 1990. The van der Waals surface area contributed by atoms with Crippen molar-refractivity contribution in [2.45, 2.75) is 6.92 Å². The summed E-state index contributed by atoms with van der Waals surface area (Å²) in [6.07, 6.45) is 7.21. The predicted molar refractivity (Wildman–Crippen MR) is 158 cm³/mol. The fraction of sp³-hybridized carbons (Fsp3) is 0.0667. The van der Waals surface area contributed by atoms with Gasteiger partial charge in [0.05, 0.1) is 21.7 Å². The number of hydrogen-bond donors (Lipinski definition) is 0. The predicted octanol–water partition coefficient (Wildman–Crippen LogP) is 5.03. The highest BCUT2D eigenvalue weighted by Crippen LogP contribution is 2.26. The van der Waals surface area contributed by atoms with Gasteiger partial charge in [-0.3, -0.25) is 14.9 Å². The SMILES string of the molecule is CCOc1ccc(/C=C/c2nc3s/c(=C\c4cn(-c5ccccc5)nc4-c4ccc([N+](=O)[O-])cc4)c(=O)n3n2)cc1. The van der Waals surface area contributed by atoms with Crippen molar-refractivity contribution in [1.29, 1.82) is 0 Å². The monoisotopic (exact) mass is 562 g/mol. The molecule has 3 aromatic carbocycles. The van der Waals surface area contributed by atoms with Gasteiger partial charge < -0.3 is 4.74 Å². The number of hydrogen-bond acceptors (Lipinski definition) is 8. The summed E-state index contributed by atoms with van der Waals surface area (Å²) in [6, 6.07) is 23.4. The topological polar surface area (TPSA) is 117 Å². The molecule has 0 aliphatic carbocycles. The largest absolute Gasteiger partial charge is 0.494 e. The Morgan fingerprint density at radius 2 is 1.73 bits per heavy atom. The first kappa shape index (κ1) is 25.8. The number of benzene rings is 3. The number of nitro groups is 1. The van der Waals surface area contributed by atoms with E-state index < -0.39 is 4.92 Å². The number of thiazole rings is 1. The summed E-state index contributed by atoms with van der Waals surface area (Å²) < 4.78 is 8.92. The van der Waals surface area contributed by atoms with Crippen LogP contribution in [0.25, 0.3) is 40.1 Å². The van der Waals surface area contributed by atoms with Crippen molar-refractivity contribution in [3.63, 3.8) is 0 Å². The van der Waals surface area contributed by atoms with Crippen LogP contribution in [0.15, 0.2) is 89.9 Å². The maximum absolute atomic E-state index is 13.3. The van der Waals surface area contributed by atoms with E-state index in [1.165, 1.54) is 28.0 Å². The van der Waals surface area contributed by atoms with Gasteiger partial charge >= 0.3 is 0 Å². The summed E-state index contributed by atoms with van der Waals surface area (Å²) in [5, 5.41) is 20.3. The minimum atomic E-state index is -0.445. The lowest BCUT2D eigenvalue weighted by Gasteiger charge is -2.01. The zero-order valence-corrected chi connectivity index (χ0v) is 22.6. The van der Waals surface area contributed by atoms with Gasteiger partial charge in [0.25, 0.3) is 11.2 Å². The molecule has 6 rings (SSSR count). The fourth-order valence-corrected chi connectivity index (χ4v) is 5.15. The van der Waals surface area contributed by atoms with Gasteiger partial charge in [0.1, 0.15) is 11.4 Å². The molecule has 0 saturated carbocycles. The molecule has 202 valence electrons. The molecular weight excluding hydrogens is 540 g/mol. The third kappa shape index (κ3) is 5.38. The van der Waals surface area contributed by atoms with E-state index in [2.05, 4.69) is 10.1 Å². The van der Waals surface area contributed by atoms with Gasteiger partial charge in [0.15, 0.2) is 5.82 Å². The van der Waals surface area contributed by atoms with E-state index in [4.69, 9.17) is 9.84 Å². The molecule has 0 aliphatic rings. The number of fused-ring (bicyclic) bond motifs is 1. The lowest BCUT2D eigenvalue weighted by atomic mass is 10.1. The van der Waals surface area contributed by atoms with Crippen LogP contribution in [0, 0.1) is 10.1 Å². The molecule has 0 fully saturated rings. The van der Waals surface area contributed by atoms with E-state index in [-0.39, 0.29) is 11.2 Å². The smallest absolute Gasteiger partial charge is 0.291 e. The van der Waals surface area contributed by atoms with Gasteiger partial charge in [-0.1, -0.05) is 47.7 Å². The van der Waals surface area contributed by atoms with Crippen molar-refractivity contribution in [2.75, 3.05) is 6.61 Å². The summed E-state index contributed by atoms with van der Waals surface area (Å²) in [4.78, 5) is 28.9. The molecule has 0 N–H and O–H groups in total. The lowest BCUT2D eigenvalue weighted by molar-refractivity contribution is -0.384. The highest BCUT2D eigenvalue weighted by atomic mass is 32.1. The molecule has 0 spiro atoms. The molecule has 11 heteroatoms. The minimum absolute atomic E-state index is 0.0125. The maximum Gasteiger partial charge on any atom is 0.291 e. The highest BCUT2D eigenvalue weighted by Gasteiger charge is 2.15. The lowest BCUT2D eigenvalue weighted by Crippen LogP contribution is -2.23. The maximum atomic E-state index is 13.3. The van der Waals surface area contributed by atoms with Crippen molar-refractivity contribution in [3.05, 3.63) is 127 Å². The van der Waals surface area contributed by atoms with Gasteiger partial charge in [-0.25, -0.2) is 4.68 Å². The first-order valence-electron chi connectivity index (χ1n) is 12.7. The van der Waals surface area contributed by atoms with Crippen LogP contribution in [0.5, 0.6) is 5.75 Å². The molecule has 6 aromatic rings. The van der Waals surface area contributed by atoms with Gasteiger partial charge in [0, 0.05) is 29.5 Å². The summed E-state index contributed by atoms with van der Waals surface area (Å²) in [5.74, 6) is 1.23. The van der Waals surface area contributed by atoms with Crippen LogP contribution in [0.1, 0.15) is 23.9 Å². The Kier molecular flexibility index (Phi) is 6.92. The normalized spacial score (nSPS) is 12.0. The van der Waals surface area contributed by atoms with Gasteiger partial charge in [0.2, 0.25) is 4.96 Å². The fourth-order valence-electron chi connectivity index (χ4n) is 4.24. The molecule has 41 heavy (non-hydrogen) atoms. The van der Waals surface area contributed by atoms with E-state index in [0.717, 1.165) is 17.0 Å². The number of nitro benzene ring substituents is 1. The summed E-state index contributed by atoms with van der Waals surface area (Å²) in [5.41, 5.74) is 3.44. The number of rotatable bonds is 8. The molecule has 0 amide bonds. The average Bonchev–Trinajstić information content (AvgIpc) is 3.68. The second-order valence-corrected chi connectivity index (χ2v) is 9.94. The Labute approximate surface area is 237 Å². The molecule has 10 nitrogen and oxygen atoms in total. The Hall–Kier alpha value is -5.42. The molecule has 0 saturated heterocycles. The second-order valence-electron chi connectivity index (χ2n) is 8.93. The first-order chi connectivity index (χ1) is 20.0. The average molecular weight is 563 g/mol. The summed E-state index contributed by atoms with van der Waals surface area (Å²) in [7, 11) is 0. The minimum Gasteiger partial charge on any atom is -0.494 e. The van der Waals surface area contributed by atoms with Crippen LogP contribution in [0.2, 0.25) is 0 Å². The third-order valence-corrected chi connectivity index (χ3v) is 7.17. The Morgan fingerprint density at radius 1 is 0.976 bits per heavy atom. The summed E-state index contributed by atoms with van der Waals surface area (Å²) >= 11 is 1.23. The molecule has 0 atom stereocenters.